The molecule has 0 bridgehead atoms. The van der Waals surface area contributed by atoms with Crippen LogP contribution in [0.2, 0.25) is 0 Å². The molecule has 0 saturated heterocycles. The Morgan fingerprint density at radius 2 is 1.89 bits per heavy atom. The molecule has 0 spiro atoms. The number of benzene rings is 1. The first-order valence-corrected chi connectivity index (χ1v) is 8.61. The zero-order chi connectivity index (χ0) is 13.2. The van der Waals surface area contributed by atoms with Crippen LogP contribution in [0.3, 0.4) is 0 Å². The number of anilines is 1. The molecule has 3 nitrogen and oxygen atoms in total. The van der Waals surface area contributed by atoms with Gasteiger partial charge in [-0.2, -0.15) is 0 Å². The van der Waals surface area contributed by atoms with Crippen molar-refractivity contribution >= 4 is 31.6 Å². The Hall–Kier alpha value is -0.550. The number of rotatable bonds is 3. The number of aryl methyl sites for hydroxylation is 1. The highest BCUT2D eigenvalue weighted by atomic mass is 79.9. The minimum atomic E-state index is -3.25. The van der Waals surface area contributed by atoms with Crippen molar-refractivity contribution in [3.63, 3.8) is 0 Å². The second-order valence-corrected chi connectivity index (χ2v) is 7.71. The van der Waals surface area contributed by atoms with Gasteiger partial charge in [0.2, 0.25) is 10.0 Å². The minimum Gasteiger partial charge on any atom is -0.282 e. The van der Waals surface area contributed by atoms with Crippen LogP contribution in [0, 0.1) is 6.92 Å². The first-order chi connectivity index (χ1) is 8.49. The molecule has 0 aromatic heterocycles. The van der Waals surface area contributed by atoms with E-state index >= 15 is 0 Å². The molecule has 1 N–H and O–H groups in total. The number of hydrogen-bond acceptors (Lipinski definition) is 2. The van der Waals surface area contributed by atoms with Crippen molar-refractivity contribution in [1.29, 1.82) is 0 Å². The Morgan fingerprint density at radius 1 is 1.22 bits per heavy atom. The van der Waals surface area contributed by atoms with Gasteiger partial charge in [0.15, 0.2) is 0 Å². The van der Waals surface area contributed by atoms with Crippen molar-refractivity contribution in [3.05, 3.63) is 28.2 Å². The maximum Gasteiger partial charge on any atom is 0.235 e. The summed E-state index contributed by atoms with van der Waals surface area (Å²) in [6.45, 7) is 1.98. The SMILES string of the molecule is Cc1ccc(NS(=O)(=O)C2CCCCC2)c(Br)c1. The van der Waals surface area contributed by atoms with Crippen molar-refractivity contribution in [2.75, 3.05) is 4.72 Å². The van der Waals surface area contributed by atoms with E-state index in [1.54, 1.807) is 6.07 Å². The van der Waals surface area contributed by atoms with E-state index in [4.69, 9.17) is 0 Å². The highest BCUT2D eigenvalue weighted by Crippen LogP contribution is 2.28. The van der Waals surface area contributed by atoms with Crippen LogP contribution >= 0.6 is 15.9 Å². The fraction of sp³-hybridized carbons (Fsp3) is 0.538. The first-order valence-electron chi connectivity index (χ1n) is 6.27. The molecule has 0 unspecified atom stereocenters. The van der Waals surface area contributed by atoms with Gasteiger partial charge in [-0.3, -0.25) is 4.72 Å². The lowest BCUT2D eigenvalue weighted by atomic mass is 10.0. The highest BCUT2D eigenvalue weighted by Gasteiger charge is 2.27. The first kappa shape index (κ1) is 13.9. The normalized spacial score (nSPS) is 17.7. The second kappa shape index (κ2) is 5.61. The summed E-state index contributed by atoms with van der Waals surface area (Å²) in [5.41, 5.74) is 1.73. The van der Waals surface area contributed by atoms with Crippen LogP contribution in [-0.4, -0.2) is 13.7 Å². The quantitative estimate of drug-likeness (QED) is 0.914. The van der Waals surface area contributed by atoms with Gasteiger partial charge in [-0.05, 0) is 53.4 Å². The Kier molecular flexibility index (Phi) is 4.33. The molecule has 0 amide bonds. The topological polar surface area (TPSA) is 46.2 Å². The lowest BCUT2D eigenvalue weighted by molar-refractivity contribution is 0.486. The summed E-state index contributed by atoms with van der Waals surface area (Å²) in [6, 6.07) is 5.63. The van der Waals surface area contributed by atoms with Crippen LogP contribution in [0.25, 0.3) is 0 Å². The largest absolute Gasteiger partial charge is 0.282 e. The van der Waals surface area contributed by atoms with Crippen LogP contribution in [0.15, 0.2) is 22.7 Å². The lowest BCUT2D eigenvalue weighted by Gasteiger charge is -2.22. The Morgan fingerprint density at radius 3 is 2.50 bits per heavy atom. The standard InChI is InChI=1S/C13H18BrNO2S/c1-10-7-8-13(12(14)9-10)15-18(16,17)11-5-3-2-4-6-11/h7-9,11,15H,2-6H2,1H3. The van der Waals surface area contributed by atoms with Gasteiger partial charge in [-0.15, -0.1) is 0 Å². The molecule has 0 heterocycles. The summed E-state index contributed by atoms with van der Waals surface area (Å²) in [5.74, 6) is 0. The Labute approximate surface area is 117 Å². The fourth-order valence-corrected chi connectivity index (χ4v) is 4.64. The van der Waals surface area contributed by atoms with Gasteiger partial charge in [0.05, 0.1) is 10.9 Å². The zero-order valence-corrected chi connectivity index (χ0v) is 12.9. The van der Waals surface area contributed by atoms with Crippen molar-refractivity contribution in [2.24, 2.45) is 0 Å². The van der Waals surface area contributed by atoms with Gasteiger partial charge in [0, 0.05) is 4.47 Å². The van der Waals surface area contributed by atoms with Crippen molar-refractivity contribution in [1.82, 2.24) is 0 Å². The summed E-state index contributed by atoms with van der Waals surface area (Å²) in [7, 11) is -3.25. The van der Waals surface area contributed by atoms with Gasteiger partial charge < -0.3 is 0 Å². The molecule has 18 heavy (non-hydrogen) atoms. The monoisotopic (exact) mass is 331 g/mol. The van der Waals surface area contributed by atoms with E-state index < -0.39 is 10.0 Å². The highest BCUT2D eigenvalue weighted by molar-refractivity contribution is 9.10. The molecule has 0 radical (unpaired) electrons. The molecule has 0 atom stereocenters. The van der Waals surface area contributed by atoms with Crippen LogP contribution in [0.5, 0.6) is 0 Å². The molecule has 1 aromatic carbocycles. The lowest BCUT2D eigenvalue weighted by Crippen LogP contribution is -2.29. The molecule has 1 fully saturated rings. The van der Waals surface area contributed by atoms with E-state index in [-0.39, 0.29) is 5.25 Å². The zero-order valence-electron chi connectivity index (χ0n) is 10.4. The average Bonchev–Trinajstić information content (AvgIpc) is 2.34. The summed E-state index contributed by atoms with van der Waals surface area (Å²) in [4.78, 5) is 0. The van der Waals surface area contributed by atoms with E-state index in [9.17, 15) is 8.42 Å². The van der Waals surface area contributed by atoms with Gasteiger partial charge in [-0.25, -0.2) is 8.42 Å². The van der Waals surface area contributed by atoms with E-state index in [0.29, 0.717) is 5.69 Å². The van der Waals surface area contributed by atoms with Gasteiger partial charge >= 0.3 is 0 Å². The Balaban J connectivity index is 2.16. The summed E-state index contributed by atoms with van der Waals surface area (Å²) in [5, 5.41) is -0.237. The van der Waals surface area contributed by atoms with Crippen LogP contribution in [0.1, 0.15) is 37.7 Å². The molecular formula is C13H18BrNO2S. The molecule has 1 aliphatic carbocycles. The van der Waals surface area contributed by atoms with Crippen molar-refractivity contribution in [3.8, 4) is 0 Å². The third kappa shape index (κ3) is 3.26. The molecule has 100 valence electrons. The fourth-order valence-electron chi connectivity index (χ4n) is 2.31. The molecule has 1 aromatic rings. The molecular weight excluding hydrogens is 314 g/mol. The van der Waals surface area contributed by atoms with Crippen LogP contribution in [0.4, 0.5) is 5.69 Å². The predicted molar refractivity (Wildman–Crippen MR) is 78.3 cm³/mol. The Bertz CT molecular complexity index is 522. The second-order valence-electron chi connectivity index (χ2n) is 4.89. The van der Waals surface area contributed by atoms with Crippen molar-refractivity contribution < 1.29 is 8.42 Å². The van der Waals surface area contributed by atoms with Crippen LogP contribution in [-0.2, 0) is 10.0 Å². The molecule has 0 aliphatic heterocycles. The smallest absolute Gasteiger partial charge is 0.235 e. The summed E-state index contributed by atoms with van der Waals surface area (Å²) >= 11 is 3.40. The summed E-state index contributed by atoms with van der Waals surface area (Å²) in [6.07, 6.45) is 4.74. The molecule has 1 aliphatic rings. The van der Waals surface area contributed by atoms with E-state index in [0.717, 1.165) is 42.1 Å². The maximum absolute atomic E-state index is 12.3. The molecule has 2 rings (SSSR count). The van der Waals surface area contributed by atoms with Gasteiger partial charge in [0.1, 0.15) is 0 Å². The van der Waals surface area contributed by atoms with Gasteiger partial charge in [0.25, 0.3) is 0 Å². The summed E-state index contributed by atoms with van der Waals surface area (Å²) < 4.78 is 28.0. The number of nitrogens with one attached hydrogen (secondary N) is 1. The molecule has 1 saturated carbocycles. The number of halogens is 1. The minimum absolute atomic E-state index is 0.237. The third-order valence-corrected chi connectivity index (χ3v) is 5.88. The predicted octanol–water partition coefficient (Wildman–Crippen LogP) is 3.83. The molecule has 5 heteroatoms. The van der Waals surface area contributed by atoms with Gasteiger partial charge in [-0.1, -0.05) is 25.3 Å². The maximum atomic E-state index is 12.3. The number of hydrogen-bond donors (Lipinski definition) is 1. The van der Waals surface area contributed by atoms with E-state index in [2.05, 4.69) is 20.7 Å². The van der Waals surface area contributed by atoms with E-state index in [1.807, 2.05) is 19.1 Å². The average molecular weight is 332 g/mol. The third-order valence-electron chi connectivity index (χ3n) is 3.37. The van der Waals surface area contributed by atoms with E-state index in [1.165, 1.54) is 0 Å². The van der Waals surface area contributed by atoms with Crippen molar-refractivity contribution in [2.45, 2.75) is 44.3 Å². The number of sulfonamides is 1. The van der Waals surface area contributed by atoms with Crippen LogP contribution < -0.4 is 4.72 Å².